The molecule has 0 aliphatic rings. The molecule has 0 aromatic heterocycles. The third kappa shape index (κ3) is 3.85. The van der Waals surface area contributed by atoms with Crippen molar-refractivity contribution in [3.63, 3.8) is 0 Å². The van der Waals surface area contributed by atoms with E-state index in [0.717, 1.165) is 11.1 Å². The van der Waals surface area contributed by atoms with Crippen LogP contribution in [0.5, 0.6) is 0 Å². The molecule has 0 spiro atoms. The fourth-order valence-corrected chi connectivity index (χ4v) is 1.89. The highest BCUT2D eigenvalue weighted by molar-refractivity contribution is 5.29. The van der Waals surface area contributed by atoms with E-state index in [1.807, 2.05) is 19.1 Å². The van der Waals surface area contributed by atoms with Crippen LogP contribution in [0.25, 0.3) is 0 Å². The summed E-state index contributed by atoms with van der Waals surface area (Å²) in [5, 5.41) is 0. The van der Waals surface area contributed by atoms with Crippen molar-refractivity contribution in [1.82, 2.24) is 0 Å². The van der Waals surface area contributed by atoms with Crippen LogP contribution in [0, 0.1) is 6.92 Å². The van der Waals surface area contributed by atoms with Gasteiger partial charge in [-0.3, -0.25) is 0 Å². The number of rotatable bonds is 4. The van der Waals surface area contributed by atoms with E-state index in [4.69, 9.17) is 5.73 Å². The first-order valence-corrected chi connectivity index (χ1v) is 5.26. The van der Waals surface area contributed by atoms with Gasteiger partial charge in [0.1, 0.15) is 0 Å². The molecule has 1 rings (SSSR count). The van der Waals surface area contributed by atoms with E-state index < -0.39 is 18.5 Å². The molecule has 0 saturated carbocycles. The number of halogens is 3. The molecule has 0 fully saturated rings. The van der Waals surface area contributed by atoms with Crippen molar-refractivity contribution < 1.29 is 13.2 Å². The lowest BCUT2D eigenvalue weighted by atomic mass is 9.89. The van der Waals surface area contributed by atoms with E-state index in [2.05, 4.69) is 0 Å². The third-order valence-electron chi connectivity index (χ3n) is 2.62. The normalized spacial score (nSPS) is 13.8. The predicted molar refractivity (Wildman–Crippen MR) is 58.3 cm³/mol. The Balaban J connectivity index is 2.89. The Kier molecular flexibility index (Phi) is 4.35. The third-order valence-corrected chi connectivity index (χ3v) is 2.62. The fourth-order valence-electron chi connectivity index (χ4n) is 1.89. The van der Waals surface area contributed by atoms with Crippen LogP contribution in [0.2, 0.25) is 0 Å². The van der Waals surface area contributed by atoms with E-state index >= 15 is 0 Å². The fraction of sp³-hybridized carbons (Fsp3) is 0.500. The molecule has 0 heterocycles. The van der Waals surface area contributed by atoms with Crippen molar-refractivity contribution in [3.8, 4) is 0 Å². The van der Waals surface area contributed by atoms with Crippen LogP contribution in [0.15, 0.2) is 24.3 Å². The Morgan fingerprint density at radius 3 is 2.38 bits per heavy atom. The molecular formula is C12H16F3N. The number of aryl methyl sites for hydroxylation is 1. The van der Waals surface area contributed by atoms with Gasteiger partial charge < -0.3 is 5.73 Å². The first-order chi connectivity index (χ1) is 7.44. The Labute approximate surface area is 93.5 Å². The van der Waals surface area contributed by atoms with E-state index in [1.54, 1.807) is 12.1 Å². The maximum atomic E-state index is 12.4. The molecule has 1 nitrogen and oxygen atoms in total. The van der Waals surface area contributed by atoms with Gasteiger partial charge in [0.15, 0.2) is 0 Å². The molecular weight excluding hydrogens is 215 g/mol. The summed E-state index contributed by atoms with van der Waals surface area (Å²) in [7, 11) is 0. The number of hydrogen-bond acceptors (Lipinski definition) is 1. The SMILES string of the molecule is Cc1ccccc1C(CCN)CC(F)(F)F. The molecule has 0 radical (unpaired) electrons. The van der Waals surface area contributed by atoms with Crippen molar-refractivity contribution in [2.75, 3.05) is 6.54 Å². The van der Waals surface area contributed by atoms with Crippen LogP contribution in [0.3, 0.4) is 0 Å². The molecule has 90 valence electrons. The first kappa shape index (κ1) is 13.0. The Morgan fingerprint density at radius 2 is 1.88 bits per heavy atom. The Hall–Kier alpha value is -1.03. The van der Waals surface area contributed by atoms with Crippen LogP contribution in [0.4, 0.5) is 13.2 Å². The highest BCUT2D eigenvalue weighted by Gasteiger charge is 2.32. The van der Waals surface area contributed by atoms with Gasteiger partial charge in [-0.25, -0.2) is 0 Å². The summed E-state index contributed by atoms with van der Waals surface area (Å²) in [6, 6.07) is 7.17. The average Bonchev–Trinajstić information content (AvgIpc) is 2.16. The topological polar surface area (TPSA) is 26.0 Å². The zero-order valence-electron chi connectivity index (χ0n) is 9.22. The second kappa shape index (κ2) is 5.34. The largest absolute Gasteiger partial charge is 0.389 e. The van der Waals surface area contributed by atoms with Gasteiger partial charge >= 0.3 is 6.18 Å². The molecule has 0 aliphatic carbocycles. The lowest BCUT2D eigenvalue weighted by Gasteiger charge is -2.20. The minimum absolute atomic E-state index is 0.273. The molecule has 0 saturated heterocycles. The molecule has 1 atom stereocenters. The predicted octanol–water partition coefficient (Wildman–Crippen LogP) is 3.38. The van der Waals surface area contributed by atoms with Gasteiger partial charge in [-0.2, -0.15) is 13.2 Å². The molecule has 1 unspecified atom stereocenters. The minimum Gasteiger partial charge on any atom is -0.330 e. The quantitative estimate of drug-likeness (QED) is 0.844. The summed E-state index contributed by atoms with van der Waals surface area (Å²) < 4.78 is 37.2. The van der Waals surface area contributed by atoms with Crippen LogP contribution < -0.4 is 5.73 Å². The second-order valence-electron chi connectivity index (χ2n) is 3.95. The summed E-state index contributed by atoms with van der Waals surface area (Å²) in [5.41, 5.74) is 7.02. The number of nitrogens with two attached hydrogens (primary N) is 1. The van der Waals surface area contributed by atoms with Crippen molar-refractivity contribution in [3.05, 3.63) is 35.4 Å². The smallest absolute Gasteiger partial charge is 0.330 e. The molecule has 0 aliphatic heterocycles. The van der Waals surface area contributed by atoms with Gasteiger partial charge in [-0.05, 0) is 36.9 Å². The molecule has 1 aromatic rings. The van der Waals surface area contributed by atoms with Gasteiger partial charge in [0.05, 0.1) is 6.42 Å². The summed E-state index contributed by atoms with van der Waals surface area (Å²) in [4.78, 5) is 0. The van der Waals surface area contributed by atoms with Gasteiger partial charge in [-0.15, -0.1) is 0 Å². The minimum atomic E-state index is -4.14. The highest BCUT2D eigenvalue weighted by Crippen LogP contribution is 2.34. The van der Waals surface area contributed by atoms with Crippen LogP contribution in [-0.4, -0.2) is 12.7 Å². The molecule has 2 N–H and O–H groups in total. The van der Waals surface area contributed by atoms with E-state index in [0.29, 0.717) is 6.42 Å². The summed E-state index contributed by atoms with van der Waals surface area (Å²) in [6.07, 6.45) is -4.57. The molecule has 1 aromatic carbocycles. The van der Waals surface area contributed by atoms with Gasteiger partial charge in [0.2, 0.25) is 0 Å². The van der Waals surface area contributed by atoms with Gasteiger partial charge in [0, 0.05) is 0 Å². The Morgan fingerprint density at radius 1 is 1.25 bits per heavy atom. The van der Waals surface area contributed by atoms with E-state index in [9.17, 15) is 13.2 Å². The monoisotopic (exact) mass is 231 g/mol. The van der Waals surface area contributed by atoms with Crippen molar-refractivity contribution in [1.29, 1.82) is 0 Å². The maximum absolute atomic E-state index is 12.4. The van der Waals surface area contributed by atoms with Crippen LogP contribution >= 0.6 is 0 Å². The lowest BCUT2D eigenvalue weighted by Crippen LogP contribution is -2.17. The zero-order valence-corrected chi connectivity index (χ0v) is 9.22. The number of benzene rings is 1. The maximum Gasteiger partial charge on any atom is 0.389 e. The van der Waals surface area contributed by atoms with Gasteiger partial charge in [-0.1, -0.05) is 24.3 Å². The molecule has 4 heteroatoms. The second-order valence-corrected chi connectivity index (χ2v) is 3.95. The first-order valence-electron chi connectivity index (χ1n) is 5.26. The van der Waals surface area contributed by atoms with Gasteiger partial charge in [0.25, 0.3) is 0 Å². The lowest BCUT2D eigenvalue weighted by molar-refractivity contribution is -0.139. The van der Waals surface area contributed by atoms with Crippen molar-refractivity contribution in [2.24, 2.45) is 5.73 Å². The number of alkyl halides is 3. The summed E-state index contributed by atoms with van der Waals surface area (Å²) >= 11 is 0. The van der Waals surface area contributed by atoms with Crippen LogP contribution in [-0.2, 0) is 0 Å². The van der Waals surface area contributed by atoms with E-state index in [-0.39, 0.29) is 6.54 Å². The van der Waals surface area contributed by atoms with Crippen molar-refractivity contribution in [2.45, 2.75) is 31.9 Å². The Bertz CT molecular complexity index is 333. The zero-order chi connectivity index (χ0) is 12.2. The average molecular weight is 231 g/mol. The van der Waals surface area contributed by atoms with Crippen LogP contribution in [0.1, 0.15) is 29.9 Å². The molecule has 16 heavy (non-hydrogen) atoms. The standard InChI is InChI=1S/C12H16F3N/c1-9-4-2-3-5-11(9)10(6-7-16)8-12(13,14)15/h2-5,10H,6-8,16H2,1H3. The van der Waals surface area contributed by atoms with E-state index in [1.165, 1.54) is 0 Å². The summed E-state index contributed by atoms with van der Waals surface area (Å²) in [5.74, 6) is -0.522. The number of hydrogen-bond donors (Lipinski definition) is 1. The highest BCUT2D eigenvalue weighted by atomic mass is 19.4. The molecule has 0 bridgehead atoms. The van der Waals surface area contributed by atoms with Crippen molar-refractivity contribution >= 4 is 0 Å². The molecule has 0 amide bonds. The summed E-state index contributed by atoms with van der Waals surface area (Å²) in [6.45, 7) is 2.10.